The van der Waals surface area contributed by atoms with Crippen LogP contribution in [0.5, 0.6) is 5.75 Å². The number of carboxylic acids is 1. The third kappa shape index (κ3) is 7.30. The second-order valence-electron chi connectivity index (χ2n) is 9.07. The summed E-state index contributed by atoms with van der Waals surface area (Å²) in [6, 6.07) is 7.99. The first kappa shape index (κ1) is 28.9. The summed E-state index contributed by atoms with van der Waals surface area (Å²) in [5.41, 5.74) is 2.55. The molecule has 0 saturated carbocycles. The quantitative estimate of drug-likeness (QED) is 0.352. The molecule has 2 saturated heterocycles. The molecule has 0 radical (unpaired) electrons. The van der Waals surface area contributed by atoms with Gasteiger partial charge < -0.3 is 35.4 Å². The van der Waals surface area contributed by atoms with Crippen LogP contribution in [-0.4, -0.2) is 90.3 Å². The van der Waals surface area contributed by atoms with Crippen molar-refractivity contribution >= 4 is 34.7 Å². The summed E-state index contributed by atoms with van der Waals surface area (Å²) >= 11 is 0. The van der Waals surface area contributed by atoms with E-state index >= 15 is 0 Å². The summed E-state index contributed by atoms with van der Waals surface area (Å²) in [6.45, 7) is 5.02. The topological polar surface area (TPSA) is 142 Å². The zero-order valence-electron chi connectivity index (χ0n) is 21.7. The highest BCUT2D eigenvalue weighted by atomic mass is 19.4. The molecule has 4 N–H and O–H groups in total. The number of aromatic nitrogens is 3. The van der Waals surface area contributed by atoms with E-state index in [2.05, 4.69) is 30.9 Å². The number of morpholine rings is 1. The zero-order valence-corrected chi connectivity index (χ0v) is 21.7. The number of hydrogen-bond donors (Lipinski definition) is 4. The number of carboxylic acid groups (broad SMARTS) is 1. The van der Waals surface area contributed by atoms with Gasteiger partial charge in [-0.05, 0) is 37.6 Å². The zero-order chi connectivity index (χ0) is 28.7. The molecule has 4 heterocycles. The highest BCUT2D eigenvalue weighted by Crippen LogP contribution is 2.31. The number of nitrogens with one attached hydrogen (secondary N) is 3. The predicted molar refractivity (Wildman–Crippen MR) is 140 cm³/mol. The largest absolute Gasteiger partial charge is 0.494 e. The third-order valence-electron chi connectivity index (χ3n) is 6.31. The van der Waals surface area contributed by atoms with Crippen LogP contribution in [0.25, 0.3) is 5.65 Å². The van der Waals surface area contributed by atoms with Crippen LogP contribution in [0.15, 0.2) is 36.7 Å². The van der Waals surface area contributed by atoms with Crippen molar-refractivity contribution in [2.24, 2.45) is 0 Å². The molecule has 2 fully saturated rings. The molecule has 1 aromatic carbocycles. The summed E-state index contributed by atoms with van der Waals surface area (Å²) in [5, 5.41) is 21.2. The maximum atomic E-state index is 13.1. The van der Waals surface area contributed by atoms with E-state index in [1.54, 1.807) is 11.6 Å². The number of carbonyl (C=O) groups excluding carboxylic acids is 1. The second kappa shape index (κ2) is 12.8. The number of amides is 1. The van der Waals surface area contributed by atoms with Crippen LogP contribution in [0.3, 0.4) is 0 Å². The van der Waals surface area contributed by atoms with E-state index in [4.69, 9.17) is 19.4 Å². The minimum absolute atomic E-state index is 0.286. The van der Waals surface area contributed by atoms with E-state index in [9.17, 15) is 18.0 Å². The molecular formula is C25H30F3N7O5. The molecular weight excluding hydrogens is 535 g/mol. The van der Waals surface area contributed by atoms with Crippen molar-refractivity contribution in [3.8, 4) is 5.75 Å². The van der Waals surface area contributed by atoms with Crippen molar-refractivity contribution in [3.05, 3.63) is 42.2 Å². The van der Waals surface area contributed by atoms with Gasteiger partial charge in [0, 0.05) is 43.6 Å². The third-order valence-corrected chi connectivity index (χ3v) is 6.31. The number of rotatable bonds is 6. The first-order chi connectivity index (χ1) is 19.2. The number of benzene rings is 1. The number of halogens is 3. The van der Waals surface area contributed by atoms with Crippen molar-refractivity contribution in [2.75, 3.05) is 62.0 Å². The molecule has 1 amide bonds. The second-order valence-corrected chi connectivity index (χ2v) is 9.07. The number of alkyl halides is 3. The molecule has 0 unspecified atom stereocenters. The molecule has 1 atom stereocenters. The Kier molecular flexibility index (Phi) is 9.26. The number of nitrogens with zero attached hydrogens (tertiary/aromatic N) is 4. The highest BCUT2D eigenvalue weighted by Gasteiger charge is 2.38. The number of methoxy groups -OCH3 is 1. The van der Waals surface area contributed by atoms with Gasteiger partial charge in [0.15, 0.2) is 5.65 Å². The van der Waals surface area contributed by atoms with Gasteiger partial charge in [-0.3, -0.25) is 4.79 Å². The smallest absolute Gasteiger partial charge is 0.490 e. The normalized spacial score (nSPS) is 17.5. The van der Waals surface area contributed by atoms with E-state index < -0.39 is 12.1 Å². The van der Waals surface area contributed by atoms with Gasteiger partial charge in [-0.2, -0.15) is 18.3 Å². The molecule has 2 aromatic heterocycles. The Morgan fingerprint density at radius 2 is 1.98 bits per heavy atom. The van der Waals surface area contributed by atoms with Crippen LogP contribution in [0, 0.1) is 0 Å². The lowest BCUT2D eigenvalue weighted by Crippen LogP contribution is -2.38. The molecule has 0 spiro atoms. The molecule has 5 rings (SSSR count). The summed E-state index contributed by atoms with van der Waals surface area (Å²) in [6.07, 6.45) is 0.493. The fraction of sp³-hybridized carbons (Fsp3) is 0.440. The van der Waals surface area contributed by atoms with Gasteiger partial charge in [0.2, 0.25) is 0 Å². The van der Waals surface area contributed by atoms with Crippen LogP contribution in [0.2, 0.25) is 0 Å². The van der Waals surface area contributed by atoms with Crippen LogP contribution in [0.1, 0.15) is 23.2 Å². The predicted octanol–water partition coefficient (Wildman–Crippen LogP) is 2.62. The van der Waals surface area contributed by atoms with Crippen molar-refractivity contribution in [2.45, 2.75) is 25.1 Å². The molecule has 2 aliphatic rings. The van der Waals surface area contributed by atoms with E-state index in [-0.39, 0.29) is 5.91 Å². The fourth-order valence-corrected chi connectivity index (χ4v) is 4.28. The average Bonchev–Trinajstić information content (AvgIpc) is 3.37. The number of piperidine rings is 1. The molecule has 12 nitrogen and oxygen atoms in total. The molecule has 15 heteroatoms. The lowest BCUT2D eigenvalue weighted by Gasteiger charge is -2.29. The highest BCUT2D eigenvalue weighted by molar-refractivity contribution is 6.08. The summed E-state index contributed by atoms with van der Waals surface area (Å²) in [5.74, 6) is -1.71. The summed E-state index contributed by atoms with van der Waals surface area (Å²) < 4.78 is 44.3. The van der Waals surface area contributed by atoms with Gasteiger partial charge in [0.25, 0.3) is 5.91 Å². The average molecular weight is 566 g/mol. The van der Waals surface area contributed by atoms with Crippen molar-refractivity contribution < 1.29 is 37.3 Å². The van der Waals surface area contributed by atoms with Gasteiger partial charge in [-0.25, -0.2) is 14.3 Å². The Morgan fingerprint density at radius 1 is 1.23 bits per heavy atom. The number of ether oxygens (including phenoxy) is 2. The van der Waals surface area contributed by atoms with Crippen LogP contribution >= 0.6 is 0 Å². The molecule has 3 aromatic rings. The maximum Gasteiger partial charge on any atom is 0.490 e. The number of fused-ring (bicyclic) bond motifs is 1. The van der Waals surface area contributed by atoms with Gasteiger partial charge >= 0.3 is 12.1 Å². The van der Waals surface area contributed by atoms with Crippen molar-refractivity contribution in [3.63, 3.8) is 0 Å². The Hall–Kier alpha value is -4.11. The Morgan fingerprint density at radius 3 is 2.62 bits per heavy atom. The minimum atomic E-state index is -5.08. The number of hydrogen-bond acceptors (Lipinski definition) is 9. The summed E-state index contributed by atoms with van der Waals surface area (Å²) in [7, 11) is 1.60. The standard InChI is InChI=1S/C23H29N7O3.C2HF3O2/c1-32-20-13-17(29-9-11-33-12-10-29)4-5-19(20)27-23(31)18-15-25-30-8-6-21(28-22(18)30)26-16-3-2-7-24-14-16;3-2(4,5)1(6)7/h4-6,8,13,15-16,24H,2-3,7,9-12,14H2,1H3,(H,26,28)(H,27,31);(H,6,7)/t16-;/m1./s1. The van der Waals surface area contributed by atoms with Crippen molar-refractivity contribution in [1.29, 1.82) is 0 Å². The molecule has 216 valence electrons. The van der Waals surface area contributed by atoms with Gasteiger partial charge in [0.1, 0.15) is 17.1 Å². The van der Waals surface area contributed by atoms with Crippen LogP contribution in [0.4, 0.5) is 30.4 Å². The van der Waals surface area contributed by atoms with Crippen LogP contribution < -0.4 is 25.6 Å². The van der Waals surface area contributed by atoms with Gasteiger partial charge in [0.05, 0.1) is 32.2 Å². The lowest BCUT2D eigenvalue weighted by molar-refractivity contribution is -0.192. The number of anilines is 3. The van der Waals surface area contributed by atoms with E-state index in [0.29, 0.717) is 41.9 Å². The van der Waals surface area contributed by atoms with Crippen molar-refractivity contribution in [1.82, 2.24) is 19.9 Å². The lowest BCUT2D eigenvalue weighted by atomic mass is 10.1. The first-order valence-corrected chi connectivity index (χ1v) is 12.6. The molecule has 0 aliphatic carbocycles. The fourth-order valence-electron chi connectivity index (χ4n) is 4.28. The minimum Gasteiger partial charge on any atom is -0.494 e. The van der Waals surface area contributed by atoms with Gasteiger partial charge in [-0.1, -0.05) is 0 Å². The molecule has 0 bridgehead atoms. The van der Waals surface area contributed by atoms with E-state index in [1.807, 2.05) is 30.5 Å². The molecule has 2 aliphatic heterocycles. The number of carbonyl (C=O) groups is 2. The Labute approximate surface area is 227 Å². The molecule has 40 heavy (non-hydrogen) atoms. The Balaban J connectivity index is 0.000000470. The Bertz CT molecular complexity index is 1320. The first-order valence-electron chi connectivity index (χ1n) is 12.6. The van der Waals surface area contributed by atoms with Crippen LogP contribution in [-0.2, 0) is 9.53 Å². The number of aliphatic carboxylic acids is 1. The van der Waals surface area contributed by atoms with E-state index in [0.717, 1.165) is 50.5 Å². The summed E-state index contributed by atoms with van der Waals surface area (Å²) in [4.78, 5) is 28.9. The monoisotopic (exact) mass is 565 g/mol. The van der Waals surface area contributed by atoms with Gasteiger partial charge in [-0.15, -0.1) is 0 Å². The van der Waals surface area contributed by atoms with E-state index in [1.165, 1.54) is 6.20 Å². The SMILES string of the molecule is COc1cc(N2CCOCC2)ccc1NC(=O)c1cnn2ccc(N[C@@H]3CCCNC3)nc12.O=C(O)C(F)(F)F. The maximum absolute atomic E-state index is 13.1.